The Kier molecular flexibility index (Phi) is 4.48. The van der Waals surface area contributed by atoms with Crippen LogP contribution in [0.15, 0.2) is 47.8 Å². The van der Waals surface area contributed by atoms with E-state index in [4.69, 9.17) is 20.2 Å². The second kappa shape index (κ2) is 6.71. The Morgan fingerprint density at radius 2 is 1.83 bits per heavy atom. The highest BCUT2D eigenvalue weighted by molar-refractivity contribution is 7.13. The number of methoxy groups -OCH3 is 1. The number of nitrogen functional groups attached to an aromatic ring is 1. The van der Waals surface area contributed by atoms with Crippen molar-refractivity contribution >= 4 is 17.0 Å². The molecule has 23 heavy (non-hydrogen) atoms. The minimum atomic E-state index is 0.614. The van der Waals surface area contributed by atoms with E-state index in [1.54, 1.807) is 18.4 Å². The summed E-state index contributed by atoms with van der Waals surface area (Å²) in [5, 5.41) is 2.98. The van der Waals surface area contributed by atoms with Gasteiger partial charge in [0.1, 0.15) is 16.5 Å². The summed E-state index contributed by atoms with van der Waals surface area (Å²) < 4.78 is 10.7. The molecule has 0 saturated heterocycles. The number of thiazole rings is 1. The Morgan fingerprint density at radius 1 is 1.09 bits per heavy atom. The molecule has 0 fully saturated rings. The zero-order valence-electron chi connectivity index (χ0n) is 13.1. The lowest BCUT2D eigenvalue weighted by molar-refractivity contribution is 0.340. The molecule has 3 aromatic rings. The van der Waals surface area contributed by atoms with Gasteiger partial charge in [0.2, 0.25) is 0 Å². The molecule has 118 valence electrons. The zero-order chi connectivity index (χ0) is 16.2. The average Bonchev–Trinajstić information content (AvgIpc) is 3.06. The Morgan fingerprint density at radius 3 is 2.48 bits per heavy atom. The largest absolute Gasteiger partial charge is 0.495 e. The maximum absolute atomic E-state index is 5.97. The number of hydrogen-bond acceptors (Lipinski definition) is 5. The van der Waals surface area contributed by atoms with E-state index in [-0.39, 0.29) is 0 Å². The molecular formula is C18H18N2O2S. The highest BCUT2D eigenvalue weighted by Gasteiger charge is 2.09. The van der Waals surface area contributed by atoms with Gasteiger partial charge in [0.05, 0.1) is 25.1 Å². The second-order valence-corrected chi connectivity index (χ2v) is 5.81. The van der Waals surface area contributed by atoms with Crippen molar-refractivity contribution in [1.82, 2.24) is 4.98 Å². The van der Waals surface area contributed by atoms with Crippen LogP contribution in [0.1, 0.15) is 6.92 Å². The van der Waals surface area contributed by atoms with Crippen molar-refractivity contribution in [3.05, 3.63) is 47.8 Å². The maximum Gasteiger partial charge on any atom is 0.141 e. The predicted octanol–water partition coefficient (Wildman–Crippen LogP) is 4.47. The monoisotopic (exact) mass is 326 g/mol. The SMILES string of the molecule is CCOc1ccc(-c2csc(-c3ccc(OC)c(N)c3)n2)cc1. The van der Waals surface area contributed by atoms with E-state index in [0.717, 1.165) is 27.6 Å². The van der Waals surface area contributed by atoms with Crippen LogP contribution in [0.5, 0.6) is 11.5 Å². The lowest BCUT2D eigenvalue weighted by atomic mass is 10.1. The Labute approximate surface area is 139 Å². The number of rotatable bonds is 5. The highest BCUT2D eigenvalue weighted by atomic mass is 32.1. The fourth-order valence-corrected chi connectivity index (χ4v) is 3.12. The van der Waals surface area contributed by atoms with Gasteiger partial charge in [-0.1, -0.05) is 0 Å². The third kappa shape index (κ3) is 3.29. The van der Waals surface area contributed by atoms with Crippen LogP contribution in [-0.4, -0.2) is 18.7 Å². The van der Waals surface area contributed by atoms with Crippen molar-refractivity contribution in [2.75, 3.05) is 19.5 Å². The molecule has 1 heterocycles. The summed E-state index contributed by atoms with van der Waals surface area (Å²) in [6, 6.07) is 13.7. The molecule has 0 saturated carbocycles. The molecule has 3 rings (SSSR count). The summed E-state index contributed by atoms with van der Waals surface area (Å²) in [4.78, 5) is 4.70. The molecular weight excluding hydrogens is 308 g/mol. The van der Waals surface area contributed by atoms with E-state index < -0.39 is 0 Å². The first-order valence-electron chi connectivity index (χ1n) is 7.34. The third-order valence-electron chi connectivity index (χ3n) is 3.44. The van der Waals surface area contributed by atoms with Gasteiger partial charge in [-0.2, -0.15) is 0 Å². The first-order chi connectivity index (χ1) is 11.2. The predicted molar refractivity (Wildman–Crippen MR) is 95.1 cm³/mol. The van der Waals surface area contributed by atoms with E-state index in [0.29, 0.717) is 18.0 Å². The first-order valence-corrected chi connectivity index (χ1v) is 8.22. The van der Waals surface area contributed by atoms with Gasteiger partial charge in [0.25, 0.3) is 0 Å². The van der Waals surface area contributed by atoms with Crippen LogP contribution in [0, 0.1) is 0 Å². The topological polar surface area (TPSA) is 57.4 Å². The summed E-state index contributed by atoms with van der Waals surface area (Å²) in [5.74, 6) is 1.55. The standard InChI is InChI=1S/C18H18N2O2S/c1-3-22-14-7-4-12(5-8-14)16-11-23-18(20-16)13-6-9-17(21-2)15(19)10-13/h4-11H,3,19H2,1-2H3. The molecule has 4 nitrogen and oxygen atoms in total. The Bertz CT molecular complexity index is 797. The van der Waals surface area contributed by atoms with Crippen molar-refractivity contribution < 1.29 is 9.47 Å². The number of nitrogens with two attached hydrogens (primary N) is 1. The third-order valence-corrected chi connectivity index (χ3v) is 4.33. The molecule has 0 atom stereocenters. The molecule has 0 unspecified atom stereocenters. The van der Waals surface area contributed by atoms with Crippen molar-refractivity contribution in [3.8, 4) is 33.3 Å². The van der Waals surface area contributed by atoms with Gasteiger partial charge in [0, 0.05) is 16.5 Å². The van der Waals surface area contributed by atoms with Gasteiger partial charge in [-0.05, 0) is 49.4 Å². The van der Waals surface area contributed by atoms with Crippen LogP contribution in [-0.2, 0) is 0 Å². The van der Waals surface area contributed by atoms with Crippen LogP contribution in [0.4, 0.5) is 5.69 Å². The molecule has 0 amide bonds. The van der Waals surface area contributed by atoms with Crippen LogP contribution in [0.3, 0.4) is 0 Å². The molecule has 0 radical (unpaired) electrons. The molecule has 0 aliphatic carbocycles. The number of nitrogens with zero attached hydrogens (tertiary/aromatic N) is 1. The number of ether oxygens (including phenoxy) is 2. The lowest BCUT2D eigenvalue weighted by Gasteiger charge is -2.05. The molecule has 0 bridgehead atoms. The summed E-state index contributed by atoms with van der Waals surface area (Å²) in [6.45, 7) is 2.64. The van der Waals surface area contributed by atoms with Crippen LogP contribution >= 0.6 is 11.3 Å². The van der Waals surface area contributed by atoms with Crippen molar-refractivity contribution in [1.29, 1.82) is 0 Å². The number of anilines is 1. The molecule has 1 aromatic heterocycles. The summed E-state index contributed by atoms with van der Waals surface area (Å²) in [6.07, 6.45) is 0. The Balaban J connectivity index is 1.86. The van der Waals surface area contributed by atoms with Gasteiger partial charge in [-0.3, -0.25) is 0 Å². The normalized spacial score (nSPS) is 10.5. The second-order valence-electron chi connectivity index (χ2n) is 4.95. The molecule has 2 N–H and O–H groups in total. The van der Waals surface area contributed by atoms with Crippen LogP contribution in [0.25, 0.3) is 21.8 Å². The zero-order valence-corrected chi connectivity index (χ0v) is 13.9. The molecule has 0 aliphatic heterocycles. The Hall–Kier alpha value is -2.53. The maximum atomic E-state index is 5.97. The minimum absolute atomic E-state index is 0.614. The van der Waals surface area contributed by atoms with Gasteiger partial charge < -0.3 is 15.2 Å². The van der Waals surface area contributed by atoms with E-state index in [1.165, 1.54) is 0 Å². The lowest BCUT2D eigenvalue weighted by Crippen LogP contribution is -1.92. The summed E-state index contributed by atoms with van der Waals surface area (Å²) in [7, 11) is 1.61. The first kappa shape index (κ1) is 15.4. The fourth-order valence-electron chi connectivity index (χ4n) is 2.29. The number of benzene rings is 2. The van der Waals surface area contributed by atoms with E-state index >= 15 is 0 Å². The molecule has 0 aliphatic rings. The van der Waals surface area contributed by atoms with Crippen molar-refractivity contribution in [3.63, 3.8) is 0 Å². The van der Waals surface area contributed by atoms with Crippen molar-refractivity contribution in [2.45, 2.75) is 6.92 Å². The van der Waals surface area contributed by atoms with Gasteiger partial charge >= 0.3 is 0 Å². The minimum Gasteiger partial charge on any atom is -0.495 e. The van der Waals surface area contributed by atoms with Crippen LogP contribution < -0.4 is 15.2 Å². The summed E-state index contributed by atoms with van der Waals surface area (Å²) in [5.41, 5.74) is 9.59. The molecule has 0 spiro atoms. The number of aromatic nitrogens is 1. The van der Waals surface area contributed by atoms with Gasteiger partial charge in [-0.15, -0.1) is 11.3 Å². The average molecular weight is 326 g/mol. The number of hydrogen-bond donors (Lipinski definition) is 1. The quantitative estimate of drug-likeness (QED) is 0.703. The summed E-state index contributed by atoms with van der Waals surface area (Å²) >= 11 is 1.60. The van der Waals surface area contributed by atoms with Crippen molar-refractivity contribution in [2.24, 2.45) is 0 Å². The van der Waals surface area contributed by atoms with Crippen LogP contribution in [0.2, 0.25) is 0 Å². The van der Waals surface area contributed by atoms with E-state index in [1.807, 2.05) is 54.8 Å². The highest BCUT2D eigenvalue weighted by Crippen LogP contribution is 2.33. The molecule has 2 aromatic carbocycles. The molecule has 5 heteroatoms. The van der Waals surface area contributed by atoms with Gasteiger partial charge in [0.15, 0.2) is 0 Å². The fraction of sp³-hybridized carbons (Fsp3) is 0.167. The smallest absolute Gasteiger partial charge is 0.141 e. The van der Waals surface area contributed by atoms with Gasteiger partial charge in [-0.25, -0.2) is 4.98 Å². The van der Waals surface area contributed by atoms with E-state index in [9.17, 15) is 0 Å². The van der Waals surface area contributed by atoms with E-state index in [2.05, 4.69) is 0 Å².